The molecule has 2 unspecified atom stereocenters. The van der Waals surface area contributed by atoms with E-state index in [-0.39, 0.29) is 6.61 Å². The van der Waals surface area contributed by atoms with Crippen molar-refractivity contribution in [3.8, 4) is 11.5 Å². The molecule has 1 aromatic heterocycles. The molecule has 2 aliphatic carbocycles. The Morgan fingerprint density at radius 1 is 0.742 bits per heavy atom. The van der Waals surface area contributed by atoms with Crippen LogP contribution in [-0.2, 0) is 11.3 Å². The largest absolute Gasteiger partial charge is 0.418 e. The standard InChI is InChI=1S/C25H18F2N2O2/c26-25(27)21-16-10-4-6-12-18(16)23(19-13-7-5-11-17(19)22(21)25)30-14-20-28-29-24(31-20)15-8-2-1-3-9-15/h1-13,21-23H,14H2. The Balaban J connectivity index is 1.35. The van der Waals surface area contributed by atoms with Crippen molar-refractivity contribution >= 4 is 0 Å². The van der Waals surface area contributed by atoms with Crippen LogP contribution in [0.4, 0.5) is 8.78 Å². The van der Waals surface area contributed by atoms with E-state index in [1.807, 2.05) is 66.7 Å². The molecule has 154 valence electrons. The first-order valence-electron chi connectivity index (χ1n) is 10.2. The van der Waals surface area contributed by atoms with Crippen LogP contribution in [0.1, 0.15) is 46.1 Å². The van der Waals surface area contributed by atoms with Gasteiger partial charge >= 0.3 is 0 Å². The molecule has 6 rings (SSSR count). The third-order valence-electron chi connectivity index (χ3n) is 6.14. The Bertz CT molecular complexity index is 1200. The lowest BCUT2D eigenvalue weighted by atomic mass is 9.94. The van der Waals surface area contributed by atoms with Crippen LogP contribution in [0.2, 0.25) is 0 Å². The summed E-state index contributed by atoms with van der Waals surface area (Å²) in [5.41, 5.74) is 3.65. The number of ether oxygens (including phenoxy) is 1. The number of aromatic nitrogens is 2. The number of alkyl halides is 2. The molecule has 3 aromatic carbocycles. The van der Waals surface area contributed by atoms with Gasteiger partial charge in [0.15, 0.2) is 0 Å². The van der Waals surface area contributed by atoms with E-state index in [0.29, 0.717) is 22.9 Å². The lowest BCUT2D eigenvalue weighted by Crippen LogP contribution is -2.12. The molecule has 0 spiro atoms. The molecule has 2 atom stereocenters. The van der Waals surface area contributed by atoms with Gasteiger partial charge in [-0.3, -0.25) is 0 Å². The fourth-order valence-electron chi connectivity index (χ4n) is 4.68. The van der Waals surface area contributed by atoms with E-state index in [1.165, 1.54) is 0 Å². The summed E-state index contributed by atoms with van der Waals surface area (Å²) < 4.78 is 41.4. The average Bonchev–Trinajstić information content (AvgIpc) is 3.13. The van der Waals surface area contributed by atoms with Gasteiger partial charge in [-0.25, -0.2) is 8.78 Å². The number of hydrogen-bond acceptors (Lipinski definition) is 4. The van der Waals surface area contributed by atoms with Crippen molar-refractivity contribution in [2.45, 2.75) is 30.5 Å². The van der Waals surface area contributed by atoms with E-state index in [2.05, 4.69) is 10.2 Å². The van der Waals surface area contributed by atoms with Crippen molar-refractivity contribution in [2.24, 2.45) is 0 Å². The Labute approximate surface area is 177 Å². The summed E-state index contributed by atoms with van der Waals surface area (Å²) in [5, 5.41) is 8.20. The summed E-state index contributed by atoms with van der Waals surface area (Å²) in [4.78, 5) is 0. The fraction of sp³-hybridized carbons (Fsp3) is 0.200. The molecular formula is C25H18F2N2O2. The number of hydrogen-bond donors (Lipinski definition) is 0. The molecule has 1 fully saturated rings. The van der Waals surface area contributed by atoms with Crippen molar-refractivity contribution in [1.29, 1.82) is 0 Å². The van der Waals surface area contributed by atoms with Crippen LogP contribution in [-0.4, -0.2) is 16.1 Å². The highest BCUT2D eigenvalue weighted by Crippen LogP contribution is 2.70. The lowest BCUT2D eigenvalue weighted by molar-refractivity contribution is 0.0498. The fourth-order valence-corrected chi connectivity index (χ4v) is 4.68. The minimum absolute atomic E-state index is 0.0822. The second kappa shape index (κ2) is 6.82. The van der Waals surface area contributed by atoms with Crippen LogP contribution in [0.25, 0.3) is 11.5 Å². The smallest absolute Gasteiger partial charge is 0.263 e. The van der Waals surface area contributed by atoms with E-state index >= 15 is 0 Å². The van der Waals surface area contributed by atoms with Gasteiger partial charge in [0.2, 0.25) is 11.8 Å². The van der Waals surface area contributed by atoms with Crippen molar-refractivity contribution in [2.75, 3.05) is 0 Å². The molecule has 6 heteroatoms. The first-order valence-corrected chi connectivity index (χ1v) is 10.2. The molecule has 0 saturated heterocycles. The lowest BCUT2D eigenvalue weighted by Gasteiger charge is -2.22. The van der Waals surface area contributed by atoms with Crippen LogP contribution >= 0.6 is 0 Å². The maximum absolute atomic E-state index is 14.7. The second-order valence-electron chi connectivity index (χ2n) is 7.95. The minimum atomic E-state index is -2.74. The van der Waals surface area contributed by atoms with Crippen molar-refractivity contribution < 1.29 is 17.9 Å². The number of benzene rings is 3. The van der Waals surface area contributed by atoms with E-state index in [0.717, 1.165) is 16.7 Å². The molecule has 0 bridgehead atoms. The van der Waals surface area contributed by atoms with Gasteiger partial charge in [-0.05, 0) is 34.4 Å². The maximum atomic E-state index is 14.7. The highest BCUT2D eigenvalue weighted by molar-refractivity contribution is 5.55. The molecule has 0 aliphatic heterocycles. The predicted molar refractivity (Wildman–Crippen MR) is 110 cm³/mol. The number of halogens is 2. The minimum Gasteiger partial charge on any atom is -0.418 e. The van der Waals surface area contributed by atoms with Gasteiger partial charge in [0.05, 0.1) is 11.8 Å². The van der Waals surface area contributed by atoms with Gasteiger partial charge in [0.1, 0.15) is 12.7 Å². The average molecular weight is 416 g/mol. The number of rotatable bonds is 4. The molecule has 4 nitrogen and oxygen atoms in total. The maximum Gasteiger partial charge on any atom is 0.263 e. The van der Waals surface area contributed by atoms with E-state index in [9.17, 15) is 8.78 Å². The van der Waals surface area contributed by atoms with Crippen LogP contribution in [0.15, 0.2) is 83.3 Å². The summed E-state index contributed by atoms with van der Waals surface area (Å²) in [6, 6.07) is 24.1. The number of fused-ring (bicyclic) bond motifs is 5. The van der Waals surface area contributed by atoms with Crippen LogP contribution in [0.3, 0.4) is 0 Å². The number of nitrogens with zero attached hydrogens (tertiary/aromatic N) is 2. The van der Waals surface area contributed by atoms with E-state index < -0.39 is 23.9 Å². The second-order valence-corrected chi connectivity index (χ2v) is 7.95. The third-order valence-corrected chi connectivity index (χ3v) is 6.14. The Kier molecular flexibility index (Phi) is 4.05. The normalized spacial score (nSPS) is 22.7. The van der Waals surface area contributed by atoms with Gasteiger partial charge in [-0.1, -0.05) is 66.7 Å². The monoisotopic (exact) mass is 416 g/mol. The predicted octanol–water partition coefficient (Wildman–Crippen LogP) is 5.87. The summed E-state index contributed by atoms with van der Waals surface area (Å²) >= 11 is 0. The van der Waals surface area contributed by atoms with Crippen molar-refractivity contribution in [3.05, 3.63) is 107 Å². The quantitative estimate of drug-likeness (QED) is 0.417. The molecule has 1 saturated carbocycles. The third kappa shape index (κ3) is 2.90. The molecule has 31 heavy (non-hydrogen) atoms. The van der Waals surface area contributed by atoms with Crippen LogP contribution in [0.5, 0.6) is 0 Å². The van der Waals surface area contributed by atoms with Gasteiger partial charge in [-0.15, -0.1) is 10.2 Å². The van der Waals surface area contributed by atoms with Gasteiger partial charge in [0.25, 0.3) is 5.92 Å². The molecule has 0 radical (unpaired) electrons. The van der Waals surface area contributed by atoms with Gasteiger partial charge < -0.3 is 9.15 Å². The summed E-state index contributed by atoms with van der Waals surface area (Å²) in [6.07, 6.45) is -0.483. The van der Waals surface area contributed by atoms with Gasteiger partial charge in [-0.2, -0.15) is 0 Å². The summed E-state index contributed by atoms with van der Waals surface area (Å²) in [5.74, 6) is -3.61. The first-order chi connectivity index (χ1) is 15.1. The van der Waals surface area contributed by atoms with Crippen LogP contribution < -0.4 is 0 Å². The van der Waals surface area contributed by atoms with Gasteiger partial charge in [0, 0.05) is 5.56 Å². The van der Waals surface area contributed by atoms with Crippen LogP contribution in [0, 0.1) is 0 Å². The zero-order valence-electron chi connectivity index (χ0n) is 16.4. The zero-order valence-corrected chi connectivity index (χ0v) is 16.4. The Morgan fingerprint density at radius 3 is 1.90 bits per heavy atom. The summed E-state index contributed by atoms with van der Waals surface area (Å²) in [6.45, 7) is 0.0822. The molecule has 2 aliphatic rings. The molecule has 0 amide bonds. The Morgan fingerprint density at radius 2 is 1.29 bits per heavy atom. The molecule has 1 heterocycles. The molecule has 4 aromatic rings. The Hall–Kier alpha value is -3.38. The highest BCUT2D eigenvalue weighted by atomic mass is 19.3. The molecule has 0 N–H and O–H groups in total. The van der Waals surface area contributed by atoms with E-state index in [4.69, 9.17) is 9.15 Å². The van der Waals surface area contributed by atoms with Crippen molar-refractivity contribution in [3.63, 3.8) is 0 Å². The molecular weight excluding hydrogens is 398 g/mol. The topological polar surface area (TPSA) is 48.2 Å². The summed E-state index contributed by atoms with van der Waals surface area (Å²) in [7, 11) is 0. The highest BCUT2D eigenvalue weighted by Gasteiger charge is 2.71. The van der Waals surface area contributed by atoms with Crippen molar-refractivity contribution in [1.82, 2.24) is 10.2 Å². The zero-order chi connectivity index (χ0) is 21.0. The van der Waals surface area contributed by atoms with E-state index in [1.54, 1.807) is 12.1 Å². The first kappa shape index (κ1) is 18.4. The SMILES string of the molecule is FC1(F)C2c3ccccc3C(OCc3nnc(-c4ccccc4)o3)c3ccccc3C21.